The Labute approximate surface area is 118 Å². The first kappa shape index (κ1) is 14.0. The van der Waals surface area contributed by atoms with Crippen molar-refractivity contribution in [2.75, 3.05) is 18.0 Å². The fourth-order valence-electron chi connectivity index (χ4n) is 1.81. The van der Waals surface area contributed by atoms with Gasteiger partial charge in [0.15, 0.2) is 0 Å². The Kier molecular flexibility index (Phi) is 4.87. The molecule has 1 aromatic carbocycles. The number of aryl methyl sites for hydroxylation is 2. The summed E-state index contributed by atoms with van der Waals surface area (Å²) >= 11 is 1.46. The Balaban J connectivity index is 2.26. The molecule has 0 aliphatic carbocycles. The van der Waals surface area contributed by atoms with E-state index < -0.39 is 0 Å². The van der Waals surface area contributed by atoms with E-state index in [1.54, 1.807) is 0 Å². The molecule has 0 saturated heterocycles. The number of hydrogen-bond donors (Lipinski definition) is 1. The summed E-state index contributed by atoms with van der Waals surface area (Å²) in [4.78, 5) is 6.77. The summed E-state index contributed by atoms with van der Waals surface area (Å²) in [5, 5.41) is 0.953. The van der Waals surface area contributed by atoms with Crippen LogP contribution in [0.1, 0.15) is 24.7 Å². The van der Waals surface area contributed by atoms with Gasteiger partial charge >= 0.3 is 0 Å². The average molecular weight is 276 g/mol. The third-order valence-corrected chi connectivity index (χ3v) is 3.71. The summed E-state index contributed by atoms with van der Waals surface area (Å²) < 4.78 is 4.36. The van der Waals surface area contributed by atoms with E-state index >= 15 is 0 Å². The van der Waals surface area contributed by atoms with E-state index in [4.69, 9.17) is 5.73 Å². The molecular formula is C14H20N4S. The van der Waals surface area contributed by atoms with E-state index in [9.17, 15) is 0 Å². The van der Waals surface area contributed by atoms with Crippen molar-refractivity contribution in [3.63, 3.8) is 0 Å². The lowest BCUT2D eigenvalue weighted by Crippen LogP contribution is -2.20. The Morgan fingerprint density at radius 1 is 1.26 bits per heavy atom. The molecule has 102 valence electrons. The Bertz CT molecular complexity index is 506. The Morgan fingerprint density at radius 3 is 2.58 bits per heavy atom. The molecule has 0 aliphatic heterocycles. The van der Waals surface area contributed by atoms with Crippen molar-refractivity contribution in [1.29, 1.82) is 0 Å². The Morgan fingerprint density at radius 2 is 2.00 bits per heavy atom. The maximum absolute atomic E-state index is 5.63. The van der Waals surface area contributed by atoms with Gasteiger partial charge in [0.05, 0.1) is 0 Å². The van der Waals surface area contributed by atoms with Crippen LogP contribution in [0, 0.1) is 6.92 Å². The first-order valence-electron chi connectivity index (χ1n) is 6.61. The number of nitrogens with zero attached hydrogens (tertiary/aromatic N) is 3. The minimum atomic E-state index is 0.682. The lowest BCUT2D eigenvalue weighted by molar-refractivity contribution is 0.813. The second-order valence-corrected chi connectivity index (χ2v) is 5.21. The molecule has 0 saturated carbocycles. The largest absolute Gasteiger partial charge is 0.330 e. The highest BCUT2D eigenvalue weighted by atomic mass is 32.1. The number of benzene rings is 1. The van der Waals surface area contributed by atoms with E-state index in [0.29, 0.717) is 6.54 Å². The van der Waals surface area contributed by atoms with Gasteiger partial charge in [-0.1, -0.05) is 24.6 Å². The third kappa shape index (κ3) is 3.52. The van der Waals surface area contributed by atoms with E-state index in [-0.39, 0.29) is 0 Å². The molecule has 0 unspecified atom stereocenters. The number of anilines is 2. The van der Waals surface area contributed by atoms with E-state index in [1.165, 1.54) is 17.1 Å². The standard InChI is InChI=1S/C14H20N4S/c1-3-13-16-14(19-17-13)18(10-4-9-15)12-7-5-11(2)6-8-12/h5-8H,3-4,9-10,15H2,1-2H3. The minimum Gasteiger partial charge on any atom is -0.330 e. The highest BCUT2D eigenvalue weighted by Crippen LogP contribution is 2.27. The van der Waals surface area contributed by atoms with Gasteiger partial charge in [-0.05, 0) is 32.0 Å². The molecule has 0 spiro atoms. The lowest BCUT2D eigenvalue weighted by Gasteiger charge is -2.21. The minimum absolute atomic E-state index is 0.682. The van der Waals surface area contributed by atoms with Crippen LogP contribution in [0.2, 0.25) is 0 Å². The third-order valence-electron chi connectivity index (χ3n) is 2.94. The van der Waals surface area contributed by atoms with Gasteiger partial charge in [-0.15, -0.1) is 0 Å². The van der Waals surface area contributed by atoms with Crippen molar-refractivity contribution < 1.29 is 0 Å². The summed E-state index contributed by atoms with van der Waals surface area (Å²) in [6, 6.07) is 8.48. The van der Waals surface area contributed by atoms with Crippen LogP contribution in [-0.4, -0.2) is 22.4 Å². The second-order valence-electron chi connectivity index (χ2n) is 4.48. The predicted molar refractivity (Wildman–Crippen MR) is 81.1 cm³/mol. The number of nitrogens with two attached hydrogens (primary N) is 1. The van der Waals surface area contributed by atoms with E-state index in [2.05, 4.69) is 52.4 Å². The summed E-state index contributed by atoms with van der Waals surface area (Å²) in [6.45, 7) is 5.72. The highest BCUT2D eigenvalue weighted by molar-refractivity contribution is 7.09. The molecule has 19 heavy (non-hydrogen) atoms. The average Bonchev–Trinajstić information content (AvgIpc) is 2.90. The monoisotopic (exact) mass is 276 g/mol. The molecule has 4 nitrogen and oxygen atoms in total. The molecule has 0 radical (unpaired) electrons. The van der Waals surface area contributed by atoms with Crippen molar-refractivity contribution in [3.05, 3.63) is 35.7 Å². The molecule has 5 heteroatoms. The van der Waals surface area contributed by atoms with Gasteiger partial charge in [-0.3, -0.25) is 0 Å². The molecular weight excluding hydrogens is 256 g/mol. The van der Waals surface area contributed by atoms with E-state index in [0.717, 1.165) is 36.0 Å². The molecule has 1 aromatic heterocycles. The van der Waals surface area contributed by atoms with Crippen molar-refractivity contribution in [2.45, 2.75) is 26.7 Å². The quantitative estimate of drug-likeness (QED) is 0.881. The highest BCUT2D eigenvalue weighted by Gasteiger charge is 2.13. The summed E-state index contributed by atoms with van der Waals surface area (Å²) in [6.07, 6.45) is 1.81. The summed E-state index contributed by atoms with van der Waals surface area (Å²) in [5.41, 5.74) is 8.04. The number of hydrogen-bond acceptors (Lipinski definition) is 5. The molecule has 1 heterocycles. The zero-order valence-corrected chi connectivity index (χ0v) is 12.3. The fourth-order valence-corrected chi connectivity index (χ4v) is 2.61. The van der Waals surface area contributed by atoms with Crippen LogP contribution in [0.5, 0.6) is 0 Å². The molecule has 0 bridgehead atoms. The smallest absolute Gasteiger partial charge is 0.209 e. The van der Waals surface area contributed by atoms with Crippen LogP contribution in [0.3, 0.4) is 0 Å². The van der Waals surface area contributed by atoms with Crippen molar-refractivity contribution in [2.24, 2.45) is 5.73 Å². The maximum atomic E-state index is 5.63. The molecule has 2 rings (SSSR count). The number of rotatable bonds is 6. The molecule has 0 atom stereocenters. The van der Waals surface area contributed by atoms with Crippen molar-refractivity contribution in [1.82, 2.24) is 9.36 Å². The predicted octanol–water partition coefficient (Wildman–Crippen LogP) is 2.90. The van der Waals surface area contributed by atoms with Crippen LogP contribution in [-0.2, 0) is 6.42 Å². The topological polar surface area (TPSA) is 55.0 Å². The SMILES string of the molecule is CCc1nsc(N(CCCN)c2ccc(C)cc2)n1. The lowest BCUT2D eigenvalue weighted by atomic mass is 10.2. The van der Waals surface area contributed by atoms with Gasteiger partial charge in [0.2, 0.25) is 5.13 Å². The Hall–Kier alpha value is -1.46. The van der Waals surface area contributed by atoms with Gasteiger partial charge in [0, 0.05) is 30.2 Å². The molecule has 2 N–H and O–H groups in total. The number of aromatic nitrogens is 2. The van der Waals surface area contributed by atoms with E-state index in [1.807, 2.05) is 0 Å². The van der Waals surface area contributed by atoms with Gasteiger partial charge < -0.3 is 10.6 Å². The normalized spacial score (nSPS) is 10.7. The van der Waals surface area contributed by atoms with Crippen molar-refractivity contribution in [3.8, 4) is 0 Å². The van der Waals surface area contributed by atoms with Gasteiger partial charge in [0.25, 0.3) is 0 Å². The van der Waals surface area contributed by atoms with Crippen LogP contribution >= 0.6 is 11.5 Å². The molecule has 0 amide bonds. The molecule has 0 fully saturated rings. The molecule has 0 aliphatic rings. The summed E-state index contributed by atoms with van der Waals surface area (Å²) in [7, 11) is 0. The van der Waals surface area contributed by atoms with Crippen LogP contribution in [0.25, 0.3) is 0 Å². The maximum Gasteiger partial charge on any atom is 0.209 e. The fraction of sp³-hybridized carbons (Fsp3) is 0.429. The van der Waals surface area contributed by atoms with Crippen LogP contribution in [0.15, 0.2) is 24.3 Å². The van der Waals surface area contributed by atoms with Gasteiger partial charge in [-0.2, -0.15) is 4.37 Å². The van der Waals surface area contributed by atoms with Crippen LogP contribution < -0.4 is 10.6 Å². The second kappa shape index (κ2) is 6.63. The summed E-state index contributed by atoms with van der Waals surface area (Å²) in [5.74, 6) is 0.907. The van der Waals surface area contributed by atoms with Crippen LogP contribution in [0.4, 0.5) is 10.8 Å². The first-order chi connectivity index (χ1) is 9.24. The van der Waals surface area contributed by atoms with Gasteiger partial charge in [-0.25, -0.2) is 4.98 Å². The first-order valence-corrected chi connectivity index (χ1v) is 7.38. The molecule has 2 aromatic rings. The zero-order chi connectivity index (χ0) is 13.7. The zero-order valence-electron chi connectivity index (χ0n) is 11.5. The van der Waals surface area contributed by atoms with Crippen molar-refractivity contribution >= 4 is 22.4 Å². The van der Waals surface area contributed by atoms with Gasteiger partial charge in [0.1, 0.15) is 5.82 Å².